The van der Waals surface area contributed by atoms with Gasteiger partial charge in [0.1, 0.15) is 0 Å². The summed E-state index contributed by atoms with van der Waals surface area (Å²) in [7, 11) is 0. The van der Waals surface area contributed by atoms with Crippen LogP contribution in [0.5, 0.6) is 0 Å². The maximum atomic E-state index is 5.87. The molecule has 5 heteroatoms. The Morgan fingerprint density at radius 2 is 2.25 bits per heavy atom. The fourth-order valence-electron chi connectivity index (χ4n) is 2.45. The number of rotatable bonds is 5. The summed E-state index contributed by atoms with van der Waals surface area (Å²) in [5.74, 6) is 1.31. The highest BCUT2D eigenvalue weighted by Gasteiger charge is 2.16. The van der Waals surface area contributed by atoms with Gasteiger partial charge in [0.2, 0.25) is 0 Å². The van der Waals surface area contributed by atoms with Gasteiger partial charge in [-0.2, -0.15) is 0 Å². The lowest BCUT2D eigenvalue weighted by molar-refractivity contribution is 0.326. The van der Waals surface area contributed by atoms with Crippen LogP contribution >= 0.6 is 0 Å². The molecule has 2 aromatic rings. The van der Waals surface area contributed by atoms with Crippen LogP contribution in [-0.4, -0.2) is 28.6 Å². The molecule has 1 heterocycles. The lowest BCUT2D eigenvalue weighted by Gasteiger charge is -2.23. The summed E-state index contributed by atoms with van der Waals surface area (Å²) in [6.45, 7) is 2.47. The molecule has 0 aliphatic heterocycles. The average molecular weight is 271 g/mol. The highest BCUT2D eigenvalue weighted by atomic mass is 15.1. The number of hydrogen-bond acceptors (Lipinski definition) is 2. The Morgan fingerprint density at radius 1 is 1.40 bits per heavy atom. The van der Waals surface area contributed by atoms with Crippen LogP contribution in [0.1, 0.15) is 19.3 Å². The van der Waals surface area contributed by atoms with Crippen molar-refractivity contribution in [2.75, 3.05) is 13.1 Å². The van der Waals surface area contributed by atoms with Crippen LogP contribution < -0.4 is 11.1 Å². The Morgan fingerprint density at radius 3 is 3.05 bits per heavy atom. The van der Waals surface area contributed by atoms with Crippen molar-refractivity contribution < 1.29 is 0 Å². The van der Waals surface area contributed by atoms with Crippen LogP contribution in [-0.2, 0) is 6.54 Å². The summed E-state index contributed by atoms with van der Waals surface area (Å²) in [5, 5.41) is 3.17. The Hall–Kier alpha value is -2.04. The quantitative estimate of drug-likeness (QED) is 0.643. The topological polar surface area (TPSA) is 68.2 Å². The Kier molecular flexibility index (Phi) is 3.85. The summed E-state index contributed by atoms with van der Waals surface area (Å²) < 4.78 is 2.13. The number of aromatic nitrogens is 2. The van der Waals surface area contributed by atoms with Crippen molar-refractivity contribution in [3.63, 3.8) is 0 Å². The van der Waals surface area contributed by atoms with Gasteiger partial charge in [-0.25, -0.2) is 4.98 Å². The van der Waals surface area contributed by atoms with Crippen LogP contribution in [0.25, 0.3) is 11.0 Å². The standard InChI is InChI=1S/C15H21N5/c16-15(18-10-12-4-3-5-12)17-8-9-20-11-19-13-6-1-2-7-14(13)20/h1-2,6-7,11-12H,3-5,8-10H2,(H3,16,17,18). The maximum Gasteiger partial charge on any atom is 0.188 e. The van der Waals surface area contributed by atoms with Gasteiger partial charge in [0.15, 0.2) is 5.96 Å². The van der Waals surface area contributed by atoms with Gasteiger partial charge in [0.05, 0.1) is 17.4 Å². The van der Waals surface area contributed by atoms with Gasteiger partial charge >= 0.3 is 0 Å². The normalized spacial score (nSPS) is 16.3. The first-order valence-electron chi connectivity index (χ1n) is 7.26. The highest BCUT2D eigenvalue weighted by Crippen LogP contribution is 2.26. The van der Waals surface area contributed by atoms with Gasteiger partial charge in [-0.3, -0.25) is 4.99 Å². The van der Waals surface area contributed by atoms with Gasteiger partial charge in [0, 0.05) is 19.6 Å². The molecule has 106 valence electrons. The number of hydrogen-bond donors (Lipinski definition) is 2. The Balaban J connectivity index is 1.49. The van der Waals surface area contributed by atoms with Crippen molar-refractivity contribution in [2.45, 2.75) is 25.8 Å². The summed E-state index contributed by atoms with van der Waals surface area (Å²) in [5.41, 5.74) is 8.05. The number of nitrogens with zero attached hydrogens (tertiary/aromatic N) is 3. The van der Waals surface area contributed by atoms with Crippen LogP contribution in [0, 0.1) is 5.92 Å². The second-order valence-corrected chi connectivity index (χ2v) is 5.38. The summed E-state index contributed by atoms with van der Waals surface area (Å²) in [6, 6.07) is 8.13. The molecule has 0 spiro atoms. The van der Waals surface area contributed by atoms with E-state index >= 15 is 0 Å². The van der Waals surface area contributed by atoms with Crippen LogP contribution in [0.3, 0.4) is 0 Å². The predicted molar refractivity (Wildman–Crippen MR) is 81.6 cm³/mol. The first-order valence-corrected chi connectivity index (χ1v) is 7.26. The van der Waals surface area contributed by atoms with Crippen LogP contribution in [0.4, 0.5) is 0 Å². The molecule has 1 aromatic heterocycles. The van der Waals surface area contributed by atoms with E-state index in [0.717, 1.165) is 36.6 Å². The molecular weight excluding hydrogens is 250 g/mol. The molecule has 1 fully saturated rings. The second-order valence-electron chi connectivity index (χ2n) is 5.38. The molecule has 0 amide bonds. The van der Waals surface area contributed by atoms with E-state index in [0.29, 0.717) is 5.96 Å². The molecule has 5 nitrogen and oxygen atoms in total. The van der Waals surface area contributed by atoms with E-state index in [2.05, 4.69) is 25.9 Å². The number of benzene rings is 1. The predicted octanol–water partition coefficient (Wildman–Crippen LogP) is 1.74. The fraction of sp³-hybridized carbons (Fsp3) is 0.467. The second kappa shape index (κ2) is 5.94. The van der Waals surface area contributed by atoms with Crippen molar-refractivity contribution in [2.24, 2.45) is 16.6 Å². The van der Waals surface area contributed by atoms with Gasteiger partial charge in [-0.1, -0.05) is 18.6 Å². The zero-order chi connectivity index (χ0) is 13.8. The molecule has 1 aromatic carbocycles. The fourth-order valence-corrected chi connectivity index (χ4v) is 2.45. The monoisotopic (exact) mass is 271 g/mol. The van der Waals surface area contributed by atoms with Crippen LogP contribution in [0.15, 0.2) is 35.6 Å². The van der Waals surface area contributed by atoms with Gasteiger partial charge in [0.25, 0.3) is 0 Å². The SMILES string of the molecule is NC(=NCC1CCC1)NCCn1cnc2ccccc21. The molecule has 1 saturated carbocycles. The Bertz CT molecular complexity index is 597. The Labute approximate surface area is 118 Å². The van der Waals surface area contributed by atoms with Crippen molar-refractivity contribution in [1.29, 1.82) is 0 Å². The summed E-state index contributed by atoms with van der Waals surface area (Å²) in [6.07, 6.45) is 5.82. The van der Waals surface area contributed by atoms with E-state index in [1.165, 1.54) is 19.3 Å². The van der Waals surface area contributed by atoms with Crippen LogP contribution in [0.2, 0.25) is 0 Å². The van der Waals surface area contributed by atoms with E-state index in [-0.39, 0.29) is 0 Å². The molecule has 1 aliphatic rings. The van der Waals surface area contributed by atoms with Crippen molar-refractivity contribution >= 4 is 17.0 Å². The number of para-hydroxylation sites is 2. The average Bonchev–Trinajstić information content (AvgIpc) is 2.81. The molecule has 3 rings (SSSR count). The van der Waals surface area contributed by atoms with Gasteiger partial charge in [-0.15, -0.1) is 0 Å². The third kappa shape index (κ3) is 2.92. The maximum absolute atomic E-state index is 5.87. The first-order chi connectivity index (χ1) is 9.83. The smallest absolute Gasteiger partial charge is 0.188 e. The third-order valence-electron chi connectivity index (χ3n) is 3.93. The van der Waals surface area contributed by atoms with Crippen molar-refractivity contribution in [3.05, 3.63) is 30.6 Å². The number of fused-ring (bicyclic) bond motifs is 1. The molecule has 20 heavy (non-hydrogen) atoms. The number of nitrogens with two attached hydrogens (primary N) is 1. The number of guanidine groups is 1. The highest BCUT2D eigenvalue weighted by molar-refractivity contribution is 5.78. The zero-order valence-electron chi connectivity index (χ0n) is 11.6. The molecule has 0 saturated heterocycles. The van der Waals surface area contributed by atoms with E-state index in [1.54, 1.807) is 0 Å². The third-order valence-corrected chi connectivity index (χ3v) is 3.93. The number of aliphatic imine (C=N–C) groups is 1. The zero-order valence-corrected chi connectivity index (χ0v) is 11.6. The molecule has 0 atom stereocenters. The number of nitrogens with one attached hydrogen (secondary N) is 1. The van der Waals surface area contributed by atoms with Gasteiger partial charge in [-0.05, 0) is 30.9 Å². The van der Waals surface area contributed by atoms with Gasteiger partial charge < -0.3 is 15.6 Å². The van der Waals surface area contributed by atoms with E-state index in [4.69, 9.17) is 5.73 Å². The van der Waals surface area contributed by atoms with Crippen molar-refractivity contribution in [3.8, 4) is 0 Å². The molecule has 0 unspecified atom stereocenters. The first kappa shape index (κ1) is 13.0. The molecule has 3 N–H and O–H groups in total. The van der Waals surface area contributed by atoms with E-state index in [1.807, 2.05) is 24.5 Å². The molecule has 1 aliphatic carbocycles. The minimum atomic E-state index is 0.557. The largest absolute Gasteiger partial charge is 0.370 e. The van der Waals surface area contributed by atoms with E-state index < -0.39 is 0 Å². The van der Waals surface area contributed by atoms with E-state index in [9.17, 15) is 0 Å². The minimum Gasteiger partial charge on any atom is -0.370 e. The molecule has 0 radical (unpaired) electrons. The lowest BCUT2D eigenvalue weighted by atomic mass is 9.86. The van der Waals surface area contributed by atoms with Crippen molar-refractivity contribution in [1.82, 2.24) is 14.9 Å². The summed E-state index contributed by atoms with van der Waals surface area (Å²) in [4.78, 5) is 8.75. The molecular formula is C15H21N5. The molecule has 0 bridgehead atoms. The summed E-state index contributed by atoms with van der Waals surface area (Å²) >= 11 is 0. The minimum absolute atomic E-state index is 0.557. The number of imidazole rings is 1. The lowest BCUT2D eigenvalue weighted by Crippen LogP contribution is -2.34.